The molecule has 1 N–H and O–H groups in total. The smallest absolute Gasteiger partial charge is 0.212 e. The molecular weight excluding hydrogens is 192 g/mol. The van der Waals surface area contributed by atoms with Crippen LogP contribution in [0, 0.1) is 6.92 Å². The van der Waals surface area contributed by atoms with Gasteiger partial charge in [0.25, 0.3) is 0 Å². The zero-order valence-corrected chi connectivity index (χ0v) is 8.21. The molecule has 5 nitrogen and oxygen atoms in total. The van der Waals surface area contributed by atoms with E-state index in [-0.39, 0.29) is 0 Å². The number of aryl methyl sites for hydroxylation is 1. The molecule has 0 atom stereocenters. The van der Waals surface area contributed by atoms with E-state index in [4.69, 9.17) is 0 Å². The summed E-state index contributed by atoms with van der Waals surface area (Å²) in [5.74, 6) is 1.29. The van der Waals surface area contributed by atoms with Crippen molar-refractivity contribution in [1.82, 2.24) is 14.5 Å². The second kappa shape index (κ2) is 3.91. The number of aromatic nitrogens is 3. The third-order valence-corrected chi connectivity index (χ3v) is 1.93. The average molecular weight is 202 g/mol. The zero-order valence-electron chi connectivity index (χ0n) is 8.21. The molecule has 0 unspecified atom stereocenters. The van der Waals surface area contributed by atoms with Crippen LogP contribution in [-0.2, 0) is 4.79 Å². The number of imidazole rings is 1. The van der Waals surface area contributed by atoms with E-state index in [1.54, 1.807) is 17.1 Å². The lowest BCUT2D eigenvalue weighted by atomic mass is 10.4. The van der Waals surface area contributed by atoms with Crippen molar-refractivity contribution in [3.63, 3.8) is 0 Å². The molecule has 0 saturated carbocycles. The molecule has 2 aromatic rings. The fourth-order valence-electron chi connectivity index (χ4n) is 1.26. The number of carbonyl (C=O) groups is 1. The van der Waals surface area contributed by atoms with Crippen molar-refractivity contribution < 1.29 is 4.79 Å². The van der Waals surface area contributed by atoms with Crippen LogP contribution in [0.4, 0.5) is 5.82 Å². The second-order valence-electron chi connectivity index (χ2n) is 3.07. The minimum absolute atomic E-state index is 0.508. The monoisotopic (exact) mass is 202 g/mol. The largest absolute Gasteiger partial charge is 0.312 e. The predicted octanol–water partition coefficient (Wildman–Crippen LogP) is 1.14. The molecule has 2 rings (SSSR count). The Morgan fingerprint density at radius 1 is 1.47 bits per heavy atom. The van der Waals surface area contributed by atoms with Gasteiger partial charge in [0, 0.05) is 5.69 Å². The van der Waals surface area contributed by atoms with Crippen molar-refractivity contribution >= 4 is 12.2 Å². The van der Waals surface area contributed by atoms with Gasteiger partial charge in [0.05, 0.1) is 6.20 Å². The first-order valence-corrected chi connectivity index (χ1v) is 4.48. The highest BCUT2D eigenvalue weighted by atomic mass is 16.1. The van der Waals surface area contributed by atoms with Gasteiger partial charge in [-0.05, 0) is 19.1 Å². The number of amides is 1. The lowest BCUT2D eigenvalue weighted by Gasteiger charge is -2.00. The Kier molecular flexibility index (Phi) is 2.45. The van der Waals surface area contributed by atoms with Crippen LogP contribution in [0.5, 0.6) is 0 Å². The van der Waals surface area contributed by atoms with E-state index in [2.05, 4.69) is 15.3 Å². The Balaban J connectivity index is 2.32. The van der Waals surface area contributed by atoms with Crippen LogP contribution in [0.25, 0.3) is 5.82 Å². The van der Waals surface area contributed by atoms with Crippen molar-refractivity contribution in [1.29, 1.82) is 0 Å². The summed E-state index contributed by atoms with van der Waals surface area (Å²) in [6.45, 7) is 1.92. The lowest BCUT2D eigenvalue weighted by Crippen LogP contribution is -1.96. The van der Waals surface area contributed by atoms with Gasteiger partial charge >= 0.3 is 0 Å². The standard InChI is InChI=1S/C10H10N4O/c1-8-3-2-4-10(13-8)14-5-9(11-6-14)12-7-15/h2-7H,1H3,(H,12,15). The summed E-state index contributed by atoms with van der Waals surface area (Å²) in [6.07, 6.45) is 3.90. The second-order valence-corrected chi connectivity index (χ2v) is 3.07. The van der Waals surface area contributed by atoms with Crippen LogP contribution < -0.4 is 5.32 Å². The van der Waals surface area contributed by atoms with Gasteiger partial charge in [-0.1, -0.05) is 6.07 Å². The maximum Gasteiger partial charge on any atom is 0.212 e. The normalized spacial score (nSPS) is 9.93. The molecule has 0 radical (unpaired) electrons. The number of nitrogens with one attached hydrogen (secondary N) is 1. The molecule has 0 aliphatic heterocycles. The molecule has 0 aromatic carbocycles. The summed E-state index contributed by atoms with van der Waals surface area (Å²) >= 11 is 0. The van der Waals surface area contributed by atoms with E-state index in [0.717, 1.165) is 11.5 Å². The quantitative estimate of drug-likeness (QED) is 0.759. The van der Waals surface area contributed by atoms with Gasteiger partial charge in [0.2, 0.25) is 6.41 Å². The average Bonchev–Trinajstić information content (AvgIpc) is 2.67. The number of pyridine rings is 1. The number of hydrogen-bond acceptors (Lipinski definition) is 3. The summed E-state index contributed by atoms with van der Waals surface area (Å²) in [6, 6.07) is 5.72. The van der Waals surface area contributed by atoms with Crippen molar-refractivity contribution in [2.75, 3.05) is 5.32 Å². The predicted molar refractivity (Wildman–Crippen MR) is 55.8 cm³/mol. The number of rotatable bonds is 3. The zero-order chi connectivity index (χ0) is 10.7. The summed E-state index contributed by atoms with van der Waals surface area (Å²) in [7, 11) is 0. The Labute approximate surface area is 86.8 Å². The van der Waals surface area contributed by atoms with Crippen LogP contribution in [0.1, 0.15) is 5.69 Å². The Hall–Kier alpha value is -2.17. The first-order chi connectivity index (χ1) is 7.29. The van der Waals surface area contributed by atoms with E-state index in [9.17, 15) is 4.79 Å². The van der Waals surface area contributed by atoms with Crippen molar-refractivity contribution in [3.05, 3.63) is 36.4 Å². The van der Waals surface area contributed by atoms with Gasteiger partial charge in [-0.15, -0.1) is 0 Å². The van der Waals surface area contributed by atoms with Crippen molar-refractivity contribution in [2.24, 2.45) is 0 Å². The fourth-order valence-corrected chi connectivity index (χ4v) is 1.26. The third-order valence-electron chi connectivity index (χ3n) is 1.93. The molecule has 0 fully saturated rings. The highest BCUT2D eigenvalue weighted by Crippen LogP contribution is 2.08. The fraction of sp³-hybridized carbons (Fsp3) is 0.100. The van der Waals surface area contributed by atoms with Gasteiger partial charge < -0.3 is 5.32 Å². The first kappa shape index (κ1) is 9.39. The lowest BCUT2D eigenvalue weighted by molar-refractivity contribution is -0.105. The molecule has 0 aliphatic carbocycles. The SMILES string of the molecule is Cc1cccc(-n2cnc(NC=O)c2)n1. The van der Waals surface area contributed by atoms with E-state index in [1.807, 2.05) is 25.1 Å². The molecule has 0 saturated heterocycles. The van der Waals surface area contributed by atoms with Crippen LogP contribution in [0.3, 0.4) is 0 Å². The number of nitrogens with zero attached hydrogens (tertiary/aromatic N) is 3. The molecule has 2 heterocycles. The highest BCUT2D eigenvalue weighted by molar-refractivity contribution is 5.68. The first-order valence-electron chi connectivity index (χ1n) is 4.48. The van der Waals surface area contributed by atoms with Crippen molar-refractivity contribution in [2.45, 2.75) is 6.92 Å². The number of hydrogen-bond donors (Lipinski definition) is 1. The Morgan fingerprint density at radius 3 is 3.07 bits per heavy atom. The molecular formula is C10H10N4O. The molecule has 5 heteroatoms. The highest BCUT2D eigenvalue weighted by Gasteiger charge is 2.00. The van der Waals surface area contributed by atoms with Crippen LogP contribution in [0.2, 0.25) is 0 Å². The van der Waals surface area contributed by atoms with Crippen LogP contribution in [0.15, 0.2) is 30.7 Å². The van der Waals surface area contributed by atoms with Crippen molar-refractivity contribution in [3.8, 4) is 5.82 Å². The Bertz CT molecular complexity index is 478. The van der Waals surface area contributed by atoms with E-state index >= 15 is 0 Å². The van der Waals surface area contributed by atoms with E-state index < -0.39 is 0 Å². The maximum absolute atomic E-state index is 10.2. The van der Waals surface area contributed by atoms with Crippen LogP contribution in [-0.4, -0.2) is 20.9 Å². The summed E-state index contributed by atoms with van der Waals surface area (Å²) in [4.78, 5) is 18.5. The molecule has 0 aliphatic rings. The number of anilines is 1. The van der Waals surface area contributed by atoms with Gasteiger partial charge in [0.1, 0.15) is 12.1 Å². The molecule has 0 spiro atoms. The van der Waals surface area contributed by atoms with Gasteiger partial charge in [-0.2, -0.15) is 0 Å². The maximum atomic E-state index is 10.2. The summed E-state index contributed by atoms with van der Waals surface area (Å²) in [5.41, 5.74) is 0.936. The minimum atomic E-state index is 0.508. The van der Waals surface area contributed by atoms with E-state index in [0.29, 0.717) is 12.2 Å². The molecule has 2 aromatic heterocycles. The molecule has 76 valence electrons. The molecule has 1 amide bonds. The summed E-state index contributed by atoms with van der Waals surface area (Å²) < 4.78 is 1.75. The van der Waals surface area contributed by atoms with Gasteiger partial charge in [-0.25, -0.2) is 9.97 Å². The van der Waals surface area contributed by atoms with Gasteiger partial charge in [-0.3, -0.25) is 9.36 Å². The molecule has 0 bridgehead atoms. The third kappa shape index (κ3) is 2.01. The van der Waals surface area contributed by atoms with Gasteiger partial charge in [0.15, 0.2) is 5.82 Å². The minimum Gasteiger partial charge on any atom is -0.312 e. The van der Waals surface area contributed by atoms with E-state index in [1.165, 1.54) is 0 Å². The topological polar surface area (TPSA) is 59.8 Å². The van der Waals surface area contributed by atoms with Crippen LogP contribution >= 0.6 is 0 Å². The number of carbonyl (C=O) groups excluding carboxylic acids is 1. The molecule has 15 heavy (non-hydrogen) atoms. The Morgan fingerprint density at radius 2 is 2.33 bits per heavy atom. The summed E-state index contributed by atoms with van der Waals surface area (Å²) in [5, 5.41) is 2.47.